The van der Waals surface area contributed by atoms with Gasteiger partial charge in [-0.05, 0) is 36.8 Å². The van der Waals surface area contributed by atoms with Crippen LogP contribution in [0.25, 0.3) is 0 Å². The average molecular weight is 273 g/mol. The van der Waals surface area contributed by atoms with Gasteiger partial charge in [-0.15, -0.1) is 0 Å². The molecule has 1 aromatic heterocycles. The Balaban J connectivity index is 1.91. The van der Waals surface area contributed by atoms with Crippen molar-refractivity contribution in [1.82, 2.24) is 15.0 Å². The van der Waals surface area contributed by atoms with Gasteiger partial charge in [0.25, 0.3) is 0 Å². The maximum absolute atomic E-state index is 9.73. The van der Waals surface area contributed by atoms with Gasteiger partial charge < -0.3 is 15.2 Å². The van der Waals surface area contributed by atoms with Gasteiger partial charge in [-0.3, -0.25) is 0 Å². The molecular formula is C11H17ClN4O2. The predicted octanol–water partition coefficient (Wildman–Crippen LogP) is 1.50. The molecule has 6 nitrogen and oxygen atoms in total. The van der Waals surface area contributed by atoms with Crippen LogP contribution in [0.5, 0.6) is 6.01 Å². The number of nitrogens with one attached hydrogen (secondary N) is 1. The van der Waals surface area contributed by atoms with E-state index in [2.05, 4.69) is 20.3 Å². The molecule has 100 valence electrons. The van der Waals surface area contributed by atoms with Crippen molar-refractivity contribution in [2.75, 3.05) is 18.5 Å². The minimum Gasteiger partial charge on any atom is -0.463 e. The van der Waals surface area contributed by atoms with Crippen molar-refractivity contribution >= 4 is 17.5 Å². The van der Waals surface area contributed by atoms with Crippen LogP contribution in [0.15, 0.2) is 0 Å². The Morgan fingerprint density at radius 2 is 2.22 bits per heavy atom. The molecular weight excluding hydrogens is 256 g/mol. The van der Waals surface area contributed by atoms with Crippen LogP contribution in [0.4, 0.5) is 5.95 Å². The van der Waals surface area contributed by atoms with Crippen LogP contribution in [-0.4, -0.2) is 39.3 Å². The molecule has 2 rings (SSSR count). The molecule has 1 fully saturated rings. The quantitative estimate of drug-likeness (QED) is 0.783. The minimum absolute atomic E-state index is 0.0829. The molecule has 0 saturated heterocycles. The second kappa shape index (κ2) is 6.15. The average Bonchev–Trinajstić information content (AvgIpc) is 3.17. The molecule has 0 aromatic carbocycles. The van der Waals surface area contributed by atoms with Crippen molar-refractivity contribution in [3.05, 3.63) is 5.28 Å². The summed E-state index contributed by atoms with van der Waals surface area (Å²) in [5, 5.41) is 12.8. The van der Waals surface area contributed by atoms with E-state index in [0.717, 1.165) is 19.3 Å². The first-order chi connectivity index (χ1) is 8.69. The zero-order valence-electron chi connectivity index (χ0n) is 10.3. The zero-order valence-corrected chi connectivity index (χ0v) is 11.0. The third-order valence-corrected chi connectivity index (χ3v) is 2.83. The van der Waals surface area contributed by atoms with Crippen LogP contribution in [0.1, 0.15) is 26.2 Å². The van der Waals surface area contributed by atoms with E-state index in [0.29, 0.717) is 25.0 Å². The second-order valence-corrected chi connectivity index (χ2v) is 4.68. The lowest BCUT2D eigenvalue weighted by atomic mass is 10.2. The lowest BCUT2D eigenvalue weighted by molar-refractivity contribution is 0.164. The Bertz CT molecular complexity index is 401. The lowest BCUT2D eigenvalue weighted by Crippen LogP contribution is -2.22. The molecule has 1 atom stereocenters. The number of hydrogen-bond acceptors (Lipinski definition) is 6. The number of aliphatic hydroxyl groups is 1. The highest BCUT2D eigenvalue weighted by molar-refractivity contribution is 6.28. The largest absolute Gasteiger partial charge is 0.463 e. The lowest BCUT2D eigenvalue weighted by Gasteiger charge is -2.11. The number of aliphatic hydroxyl groups excluding tert-OH is 1. The van der Waals surface area contributed by atoms with E-state index >= 15 is 0 Å². The standard InChI is InChI=1S/C11H17ClN4O2/c1-2-5-18-11-15-9(12)14-10(16-11)13-6-8(17)7-3-4-7/h7-8,17H,2-6H2,1H3,(H,13,14,15,16). The van der Waals surface area contributed by atoms with E-state index < -0.39 is 0 Å². The fourth-order valence-corrected chi connectivity index (χ4v) is 1.66. The first-order valence-corrected chi connectivity index (χ1v) is 6.53. The SMILES string of the molecule is CCCOc1nc(Cl)nc(NCC(O)C2CC2)n1. The third kappa shape index (κ3) is 3.96. The normalized spacial score (nSPS) is 16.4. The first-order valence-electron chi connectivity index (χ1n) is 6.15. The van der Waals surface area contributed by atoms with Gasteiger partial charge in [-0.1, -0.05) is 6.92 Å². The van der Waals surface area contributed by atoms with Gasteiger partial charge in [0.05, 0.1) is 12.7 Å². The van der Waals surface area contributed by atoms with Crippen molar-refractivity contribution in [3.63, 3.8) is 0 Å². The van der Waals surface area contributed by atoms with Crippen molar-refractivity contribution < 1.29 is 9.84 Å². The number of aromatic nitrogens is 3. The van der Waals surface area contributed by atoms with Crippen molar-refractivity contribution in [2.45, 2.75) is 32.3 Å². The van der Waals surface area contributed by atoms with Crippen LogP contribution < -0.4 is 10.1 Å². The molecule has 1 saturated carbocycles. The Kier molecular flexibility index (Phi) is 4.54. The molecule has 1 aromatic rings. The predicted molar refractivity (Wildman–Crippen MR) is 67.8 cm³/mol. The molecule has 7 heteroatoms. The van der Waals surface area contributed by atoms with E-state index in [1.807, 2.05) is 6.92 Å². The molecule has 0 amide bonds. The smallest absolute Gasteiger partial charge is 0.322 e. The maximum atomic E-state index is 9.73. The van der Waals surface area contributed by atoms with Crippen molar-refractivity contribution in [3.8, 4) is 6.01 Å². The highest BCUT2D eigenvalue weighted by Crippen LogP contribution is 2.32. The molecule has 0 spiro atoms. The van der Waals surface area contributed by atoms with Gasteiger partial charge in [-0.2, -0.15) is 15.0 Å². The van der Waals surface area contributed by atoms with Crippen LogP contribution in [0, 0.1) is 5.92 Å². The maximum Gasteiger partial charge on any atom is 0.322 e. The number of hydrogen-bond donors (Lipinski definition) is 2. The molecule has 1 heterocycles. The summed E-state index contributed by atoms with van der Waals surface area (Å²) >= 11 is 5.77. The van der Waals surface area contributed by atoms with E-state index in [1.54, 1.807) is 0 Å². The molecule has 18 heavy (non-hydrogen) atoms. The highest BCUT2D eigenvalue weighted by atomic mass is 35.5. The van der Waals surface area contributed by atoms with Crippen LogP contribution in [0.2, 0.25) is 5.28 Å². The van der Waals surface area contributed by atoms with Gasteiger partial charge in [-0.25, -0.2) is 0 Å². The number of nitrogens with zero attached hydrogens (tertiary/aromatic N) is 3. The van der Waals surface area contributed by atoms with Gasteiger partial charge in [0.2, 0.25) is 11.2 Å². The Morgan fingerprint density at radius 3 is 2.89 bits per heavy atom. The van der Waals surface area contributed by atoms with Gasteiger partial charge in [0, 0.05) is 6.54 Å². The molecule has 0 aliphatic heterocycles. The van der Waals surface area contributed by atoms with Crippen molar-refractivity contribution in [1.29, 1.82) is 0 Å². The number of halogens is 1. The van der Waals surface area contributed by atoms with Crippen LogP contribution in [0.3, 0.4) is 0 Å². The van der Waals surface area contributed by atoms with Crippen molar-refractivity contribution in [2.24, 2.45) is 5.92 Å². The summed E-state index contributed by atoms with van der Waals surface area (Å²) in [6.45, 7) is 2.94. The minimum atomic E-state index is -0.361. The van der Waals surface area contributed by atoms with Gasteiger partial charge in [0.1, 0.15) is 0 Å². The zero-order chi connectivity index (χ0) is 13.0. The van der Waals surface area contributed by atoms with E-state index in [9.17, 15) is 5.11 Å². The monoisotopic (exact) mass is 272 g/mol. The number of anilines is 1. The van der Waals surface area contributed by atoms with Crippen LogP contribution >= 0.6 is 11.6 Å². The van der Waals surface area contributed by atoms with Gasteiger partial charge in [0.15, 0.2) is 0 Å². The Hall–Kier alpha value is -1.14. The van der Waals surface area contributed by atoms with E-state index in [1.165, 1.54) is 0 Å². The molecule has 0 bridgehead atoms. The third-order valence-electron chi connectivity index (χ3n) is 2.66. The summed E-state index contributed by atoms with van der Waals surface area (Å²) in [5.41, 5.74) is 0. The Labute approximate surface area is 111 Å². The van der Waals surface area contributed by atoms with Crippen LogP contribution in [-0.2, 0) is 0 Å². The first kappa shape index (κ1) is 13.3. The second-order valence-electron chi connectivity index (χ2n) is 4.34. The molecule has 1 aliphatic rings. The fraction of sp³-hybridized carbons (Fsp3) is 0.727. The molecule has 0 radical (unpaired) electrons. The summed E-state index contributed by atoms with van der Waals surface area (Å²) in [4.78, 5) is 11.9. The molecule has 1 unspecified atom stereocenters. The fourth-order valence-electron chi connectivity index (χ4n) is 1.51. The molecule has 1 aliphatic carbocycles. The van der Waals surface area contributed by atoms with E-state index in [-0.39, 0.29) is 17.4 Å². The summed E-state index contributed by atoms with van der Waals surface area (Å²) in [6.07, 6.45) is 2.68. The highest BCUT2D eigenvalue weighted by Gasteiger charge is 2.29. The van der Waals surface area contributed by atoms with E-state index in [4.69, 9.17) is 16.3 Å². The summed E-state index contributed by atoms with van der Waals surface area (Å²) in [6, 6.07) is 0.209. The Morgan fingerprint density at radius 1 is 1.44 bits per heavy atom. The summed E-state index contributed by atoms with van der Waals surface area (Å²) in [5.74, 6) is 0.742. The van der Waals surface area contributed by atoms with Gasteiger partial charge >= 0.3 is 6.01 Å². The number of ether oxygens (including phenoxy) is 1. The number of rotatable bonds is 7. The topological polar surface area (TPSA) is 80.2 Å². The summed E-state index contributed by atoms with van der Waals surface area (Å²) < 4.78 is 5.29. The molecule has 2 N–H and O–H groups in total. The summed E-state index contributed by atoms with van der Waals surface area (Å²) in [7, 11) is 0.